The quantitative estimate of drug-likeness (QED) is 0.888. The van der Waals surface area contributed by atoms with Gasteiger partial charge >= 0.3 is 0 Å². The van der Waals surface area contributed by atoms with E-state index in [0.29, 0.717) is 5.92 Å². The summed E-state index contributed by atoms with van der Waals surface area (Å²) in [5.41, 5.74) is 2.39. The first-order valence-electron chi connectivity index (χ1n) is 6.79. The van der Waals surface area contributed by atoms with Crippen LogP contribution in [0.4, 0.5) is 0 Å². The van der Waals surface area contributed by atoms with Crippen molar-refractivity contribution in [2.24, 2.45) is 5.92 Å². The fourth-order valence-electron chi connectivity index (χ4n) is 2.30. The molecular weight excluding hydrogens is 254 g/mol. The van der Waals surface area contributed by atoms with Crippen molar-refractivity contribution < 1.29 is 4.79 Å². The standard InChI is InChI=1S/C14H17N5O/c1-10-2-4-11(5-3-10)14(12-6-7-12)16-13(20)8-19-9-15-17-18-19/h2-5,9,12,14H,6-8H2,1H3,(H,16,20). The van der Waals surface area contributed by atoms with Crippen LogP contribution in [0.2, 0.25) is 0 Å². The van der Waals surface area contributed by atoms with Gasteiger partial charge in [-0.05, 0) is 41.7 Å². The minimum atomic E-state index is -0.0604. The Hall–Kier alpha value is -2.24. The van der Waals surface area contributed by atoms with Crippen molar-refractivity contribution in [3.8, 4) is 0 Å². The number of aromatic nitrogens is 4. The monoisotopic (exact) mass is 271 g/mol. The average molecular weight is 271 g/mol. The smallest absolute Gasteiger partial charge is 0.242 e. The van der Waals surface area contributed by atoms with E-state index >= 15 is 0 Å². The van der Waals surface area contributed by atoms with Crippen molar-refractivity contribution in [3.05, 3.63) is 41.7 Å². The van der Waals surface area contributed by atoms with Gasteiger partial charge in [-0.15, -0.1) is 5.10 Å². The summed E-state index contributed by atoms with van der Waals surface area (Å²) in [4.78, 5) is 12.1. The highest BCUT2D eigenvalue weighted by atomic mass is 16.2. The molecule has 1 amide bonds. The Bertz CT molecular complexity index is 574. The molecule has 0 saturated heterocycles. The van der Waals surface area contributed by atoms with E-state index in [9.17, 15) is 4.79 Å². The molecule has 1 saturated carbocycles. The summed E-state index contributed by atoms with van der Waals surface area (Å²) >= 11 is 0. The summed E-state index contributed by atoms with van der Waals surface area (Å²) in [7, 11) is 0. The number of nitrogens with one attached hydrogen (secondary N) is 1. The Labute approximate surface area is 117 Å². The topological polar surface area (TPSA) is 72.7 Å². The predicted molar refractivity (Wildman–Crippen MR) is 72.6 cm³/mol. The number of hydrogen-bond donors (Lipinski definition) is 1. The van der Waals surface area contributed by atoms with Gasteiger partial charge in [0, 0.05) is 0 Å². The van der Waals surface area contributed by atoms with Crippen molar-refractivity contribution >= 4 is 5.91 Å². The molecule has 2 aromatic rings. The second kappa shape index (κ2) is 5.40. The molecule has 0 aliphatic heterocycles. The van der Waals surface area contributed by atoms with Crippen molar-refractivity contribution in [2.75, 3.05) is 0 Å². The average Bonchev–Trinajstić information content (AvgIpc) is 3.16. The molecule has 6 heteroatoms. The van der Waals surface area contributed by atoms with Crippen molar-refractivity contribution in [1.29, 1.82) is 0 Å². The molecule has 1 fully saturated rings. The number of aryl methyl sites for hydroxylation is 1. The molecule has 1 atom stereocenters. The molecule has 1 N–H and O–H groups in total. The maximum Gasteiger partial charge on any atom is 0.242 e. The third-order valence-electron chi connectivity index (χ3n) is 3.54. The summed E-state index contributed by atoms with van der Waals surface area (Å²) in [5.74, 6) is 0.491. The van der Waals surface area contributed by atoms with Gasteiger partial charge < -0.3 is 5.32 Å². The summed E-state index contributed by atoms with van der Waals surface area (Å²) in [6.45, 7) is 2.22. The highest BCUT2D eigenvalue weighted by Gasteiger charge is 2.33. The Morgan fingerprint density at radius 1 is 1.40 bits per heavy atom. The van der Waals surface area contributed by atoms with Crippen LogP contribution >= 0.6 is 0 Å². The third kappa shape index (κ3) is 3.01. The zero-order valence-electron chi connectivity index (χ0n) is 11.4. The normalized spacial score (nSPS) is 15.8. The minimum absolute atomic E-state index is 0.0604. The molecule has 1 aromatic heterocycles. The van der Waals surface area contributed by atoms with E-state index in [1.807, 2.05) is 0 Å². The van der Waals surface area contributed by atoms with Gasteiger partial charge in [-0.1, -0.05) is 29.8 Å². The van der Waals surface area contributed by atoms with Gasteiger partial charge in [0.2, 0.25) is 5.91 Å². The molecule has 1 unspecified atom stereocenters. The second-order valence-electron chi connectivity index (χ2n) is 5.30. The lowest BCUT2D eigenvalue weighted by molar-refractivity contribution is -0.122. The highest BCUT2D eigenvalue weighted by Crippen LogP contribution is 2.41. The molecule has 0 bridgehead atoms. The summed E-state index contributed by atoms with van der Waals surface area (Å²) < 4.78 is 1.43. The molecule has 20 heavy (non-hydrogen) atoms. The van der Waals surface area contributed by atoms with E-state index in [1.165, 1.54) is 35.0 Å². The SMILES string of the molecule is Cc1ccc(C(NC(=O)Cn2cnnn2)C2CC2)cc1. The van der Waals surface area contributed by atoms with Crippen LogP contribution in [0, 0.1) is 12.8 Å². The van der Waals surface area contributed by atoms with Gasteiger partial charge in [-0.2, -0.15) is 0 Å². The van der Waals surface area contributed by atoms with E-state index in [2.05, 4.69) is 52.0 Å². The van der Waals surface area contributed by atoms with Gasteiger partial charge in [-0.3, -0.25) is 4.79 Å². The van der Waals surface area contributed by atoms with Crippen LogP contribution in [-0.4, -0.2) is 26.1 Å². The van der Waals surface area contributed by atoms with Gasteiger partial charge in [0.1, 0.15) is 12.9 Å². The molecular formula is C14H17N5O. The van der Waals surface area contributed by atoms with E-state index in [0.717, 1.165) is 0 Å². The van der Waals surface area contributed by atoms with Crippen LogP contribution in [0.25, 0.3) is 0 Å². The molecule has 0 spiro atoms. The van der Waals surface area contributed by atoms with E-state index in [4.69, 9.17) is 0 Å². The van der Waals surface area contributed by atoms with E-state index < -0.39 is 0 Å². The van der Waals surface area contributed by atoms with Crippen LogP contribution in [-0.2, 0) is 11.3 Å². The Morgan fingerprint density at radius 2 is 2.15 bits per heavy atom. The van der Waals surface area contributed by atoms with E-state index in [1.54, 1.807) is 0 Å². The molecule has 6 nitrogen and oxygen atoms in total. The first kappa shape index (κ1) is 12.8. The third-order valence-corrected chi connectivity index (χ3v) is 3.54. The molecule has 1 aliphatic rings. The molecule has 1 aromatic carbocycles. The molecule has 1 heterocycles. The van der Waals surface area contributed by atoms with Gasteiger partial charge in [-0.25, -0.2) is 4.68 Å². The number of carbonyl (C=O) groups is 1. The number of tetrazole rings is 1. The molecule has 3 rings (SSSR count). The first-order chi connectivity index (χ1) is 9.72. The van der Waals surface area contributed by atoms with Crippen molar-refractivity contribution in [2.45, 2.75) is 32.4 Å². The second-order valence-corrected chi connectivity index (χ2v) is 5.30. The highest BCUT2D eigenvalue weighted by molar-refractivity contribution is 5.76. The first-order valence-corrected chi connectivity index (χ1v) is 6.79. The number of hydrogen-bond acceptors (Lipinski definition) is 4. The lowest BCUT2D eigenvalue weighted by atomic mass is 10.0. The zero-order chi connectivity index (χ0) is 13.9. The molecule has 1 aliphatic carbocycles. The Kier molecular flexibility index (Phi) is 3.45. The lowest BCUT2D eigenvalue weighted by Crippen LogP contribution is -2.32. The summed E-state index contributed by atoms with van der Waals surface area (Å²) in [6, 6.07) is 8.45. The van der Waals surface area contributed by atoms with Crippen LogP contribution in [0.1, 0.15) is 30.0 Å². The number of benzene rings is 1. The maximum absolute atomic E-state index is 12.1. The Morgan fingerprint density at radius 3 is 2.75 bits per heavy atom. The minimum Gasteiger partial charge on any atom is -0.347 e. The van der Waals surface area contributed by atoms with Gasteiger partial charge in [0.15, 0.2) is 0 Å². The lowest BCUT2D eigenvalue weighted by Gasteiger charge is -2.19. The molecule has 104 valence electrons. The number of carbonyl (C=O) groups excluding carboxylic acids is 1. The predicted octanol–water partition coefficient (Wildman–Crippen LogP) is 1.25. The summed E-state index contributed by atoms with van der Waals surface area (Å²) in [6.07, 6.45) is 3.78. The maximum atomic E-state index is 12.1. The Balaban J connectivity index is 1.68. The van der Waals surface area contributed by atoms with E-state index in [-0.39, 0.29) is 18.5 Å². The molecule has 0 radical (unpaired) electrons. The summed E-state index contributed by atoms with van der Waals surface area (Å²) in [5, 5.41) is 13.8. The number of nitrogens with zero attached hydrogens (tertiary/aromatic N) is 4. The fourth-order valence-corrected chi connectivity index (χ4v) is 2.30. The largest absolute Gasteiger partial charge is 0.347 e. The van der Waals surface area contributed by atoms with Crippen molar-refractivity contribution in [1.82, 2.24) is 25.5 Å². The number of amides is 1. The number of rotatable bonds is 5. The van der Waals surface area contributed by atoms with Crippen LogP contribution in [0.5, 0.6) is 0 Å². The van der Waals surface area contributed by atoms with Gasteiger partial charge in [0.05, 0.1) is 6.04 Å². The van der Waals surface area contributed by atoms with Crippen LogP contribution in [0.3, 0.4) is 0 Å². The van der Waals surface area contributed by atoms with Crippen molar-refractivity contribution in [3.63, 3.8) is 0 Å². The zero-order valence-corrected chi connectivity index (χ0v) is 11.4. The van der Waals surface area contributed by atoms with Crippen LogP contribution < -0.4 is 5.32 Å². The van der Waals surface area contributed by atoms with Gasteiger partial charge in [0.25, 0.3) is 0 Å². The fraction of sp³-hybridized carbons (Fsp3) is 0.429. The van der Waals surface area contributed by atoms with Crippen LogP contribution in [0.15, 0.2) is 30.6 Å².